The number of benzene rings is 1. The van der Waals surface area contributed by atoms with Crippen LogP contribution >= 0.6 is 23.8 Å². The summed E-state index contributed by atoms with van der Waals surface area (Å²) in [5, 5.41) is 5.59. The summed E-state index contributed by atoms with van der Waals surface area (Å²) in [6.07, 6.45) is -0.194. The Morgan fingerprint density at radius 3 is 2.82 bits per heavy atom. The van der Waals surface area contributed by atoms with Crippen LogP contribution in [0.25, 0.3) is 0 Å². The number of halogens is 1. The molecule has 1 aromatic carbocycles. The third-order valence-electron chi connectivity index (χ3n) is 3.99. The highest BCUT2D eigenvalue weighted by molar-refractivity contribution is 7.80. The molecule has 1 aromatic rings. The fraction of sp³-hybridized carbons (Fsp3) is 0.444. The fourth-order valence-corrected chi connectivity index (χ4v) is 3.15. The molecule has 152 valence electrons. The van der Waals surface area contributed by atoms with Gasteiger partial charge in [-0.3, -0.25) is 19.7 Å². The first-order valence-corrected chi connectivity index (χ1v) is 9.60. The lowest BCUT2D eigenvalue weighted by atomic mass is 10.1. The molecule has 2 amide bonds. The second-order valence-electron chi connectivity index (χ2n) is 5.86. The molecular formula is C18H22ClN3O5S. The van der Waals surface area contributed by atoms with Gasteiger partial charge in [-0.15, -0.1) is 0 Å². The van der Waals surface area contributed by atoms with Crippen LogP contribution in [-0.4, -0.2) is 66.7 Å². The van der Waals surface area contributed by atoms with Gasteiger partial charge in [0.15, 0.2) is 5.11 Å². The summed E-state index contributed by atoms with van der Waals surface area (Å²) in [5.41, 5.74) is 0.264. The number of nitrogens with zero attached hydrogens (tertiary/aromatic N) is 1. The van der Waals surface area contributed by atoms with Crippen LogP contribution in [0.1, 0.15) is 23.7 Å². The van der Waals surface area contributed by atoms with Crippen LogP contribution in [0.4, 0.5) is 0 Å². The largest absolute Gasteiger partial charge is 0.463 e. The molecule has 1 atom stereocenters. The number of carbonyl (C=O) groups is 3. The third-order valence-corrected chi connectivity index (χ3v) is 4.65. The van der Waals surface area contributed by atoms with Crippen molar-refractivity contribution in [1.29, 1.82) is 0 Å². The number of rotatable bonds is 7. The fourth-order valence-electron chi connectivity index (χ4n) is 2.62. The van der Waals surface area contributed by atoms with Crippen molar-refractivity contribution in [3.05, 3.63) is 34.9 Å². The lowest BCUT2D eigenvalue weighted by Gasteiger charge is -2.36. The highest BCUT2D eigenvalue weighted by Crippen LogP contribution is 2.15. The first-order chi connectivity index (χ1) is 13.4. The predicted octanol–water partition coefficient (Wildman–Crippen LogP) is 1.12. The van der Waals surface area contributed by atoms with E-state index in [0.29, 0.717) is 19.7 Å². The molecular weight excluding hydrogens is 406 g/mol. The summed E-state index contributed by atoms with van der Waals surface area (Å²) >= 11 is 11.3. The molecule has 0 radical (unpaired) electrons. The predicted molar refractivity (Wildman–Crippen MR) is 107 cm³/mol. The zero-order chi connectivity index (χ0) is 20.5. The van der Waals surface area contributed by atoms with E-state index < -0.39 is 17.9 Å². The third kappa shape index (κ3) is 6.15. The number of amides is 2. The van der Waals surface area contributed by atoms with Gasteiger partial charge in [-0.25, -0.2) is 0 Å². The van der Waals surface area contributed by atoms with Gasteiger partial charge in [-0.05, 0) is 31.3 Å². The molecule has 8 nitrogen and oxygen atoms in total. The van der Waals surface area contributed by atoms with Gasteiger partial charge >= 0.3 is 5.97 Å². The number of thiocarbonyl (C=S) groups is 1. The van der Waals surface area contributed by atoms with Crippen molar-refractivity contribution in [1.82, 2.24) is 15.5 Å². The van der Waals surface area contributed by atoms with Crippen molar-refractivity contribution in [3.8, 4) is 0 Å². The van der Waals surface area contributed by atoms with Crippen LogP contribution < -0.4 is 10.6 Å². The van der Waals surface area contributed by atoms with Gasteiger partial charge in [0.2, 0.25) is 5.91 Å². The van der Waals surface area contributed by atoms with E-state index in [9.17, 15) is 14.4 Å². The average molecular weight is 428 g/mol. The minimum atomic E-state index is -0.868. The van der Waals surface area contributed by atoms with E-state index in [0.717, 1.165) is 0 Å². The van der Waals surface area contributed by atoms with E-state index in [1.807, 2.05) is 6.92 Å². The summed E-state index contributed by atoms with van der Waals surface area (Å²) in [4.78, 5) is 38.2. The van der Waals surface area contributed by atoms with E-state index in [2.05, 4.69) is 10.6 Å². The molecule has 1 aliphatic heterocycles. The number of carbonyl (C=O) groups excluding carboxylic acids is 3. The molecule has 0 aliphatic carbocycles. The van der Waals surface area contributed by atoms with E-state index >= 15 is 0 Å². The van der Waals surface area contributed by atoms with Crippen molar-refractivity contribution in [2.45, 2.75) is 19.4 Å². The lowest BCUT2D eigenvalue weighted by Crippen LogP contribution is -2.60. The SMILES string of the molecule is CCOCCOC(=O)CC1C(=O)NCCN1C(=S)NC(=O)c1ccccc1Cl. The Bertz CT molecular complexity index is 746. The minimum absolute atomic E-state index is 0.0480. The standard InChI is InChI=1S/C18H22ClN3O5S/c1-2-26-9-10-27-15(23)11-14-17(25)20-7-8-22(14)18(28)21-16(24)12-5-3-4-6-13(12)19/h3-6,14H,2,7-11H2,1H3,(H,20,25)(H,21,24,28). The Morgan fingerprint density at radius 2 is 2.11 bits per heavy atom. The summed E-state index contributed by atoms with van der Waals surface area (Å²) in [7, 11) is 0. The maximum absolute atomic E-state index is 12.4. The zero-order valence-electron chi connectivity index (χ0n) is 15.4. The average Bonchev–Trinajstić information content (AvgIpc) is 2.67. The van der Waals surface area contributed by atoms with Crippen molar-refractivity contribution < 1.29 is 23.9 Å². The van der Waals surface area contributed by atoms with Gasteiger partial charge in [0, 0.05) is 19.7 Å². The smallest absolute Gasteiger partial charge is 0.308 e. The van der Waals surface area contributed by atoms with Crippen molar-refractivity contribution in [2.75, 3.05) is 32.9 Å². The first kappa shape index (κ1) is 22.1. The van der Waals surface area contributed by atoms with E-state index in [4.69, 9.17) is 33.3 Å². The second-order valence-corrected chi connectivity index (χ2v) is 6.65. The molecule has 0 aromatic heterocycles. The molecule has 2 rings (SSSR count). The molecule has 1 aliphatic rings. The molecule has 0 spiro atoms. The number of esters is 1. The Kier molecular flexibility index (Phi) is 8.62. The van der Waals surface area contributed by atoms with Gasteiger partial charge in [0.25, 0.3) is 5.91 Å². The van der Waals surface area contributed by atoms with Crippen molar-refractivity contribution in [3.63, 3.8) is 0 Å². The molecule has 10 heteroatoms. The maximum atomic E-state index is 12.4. The highest BCUT2D eigenvalue weighted by Gasteiger charge is 2.34. The van der Waals surface area contributed by atoms with Gasteiger partial charge in [-0.1, -0.05) is 23.7 Å². The van der Waals surface area contributed by atoms with Gasteiger partial charge in [-0.2, -0.15) is 0 Å². The first-order valence-electron chi connectivity index (χ1n) is 8.81. The quantitative estimate of drug-likeness (QED) is 0.382. The van der Waals surface area contributed by atoms with Gasteiger partial charge < -0.3 is 19.7 Å². The topological polar surface area (TPSA) is 97.0 Å². The summed E-state index contributed by atoms with van der Waals surface area (Å²) in [6, 6.07) is 5.68. The van der Waals surface area contributed by atoms with Crippen LogP contribution in [0, 0.1) is 0 Å². The number of piperazine rings is 1. The Balaban J connectivity index is 1.99. The Labute approximate surface area is 173 Å². The second kappa shape index (κ2) is 10.9. The molecule has 0 bridgehead atoms. The molecule has 1 fully saturated rings. The molecule has 1 saturated heterocycles. The van der Waals surface area contributed by atoms with Crippen LogP contribution in [0.3, 0.4) is 0 Å². The molecule has 1 heterocycles. The molecule has 2 N–H and O–H groups in total. The van der Waals surface area contributed by atoms with E-state index in [1.165, 1.54) is 4.90 Å². The number of ether oxygens (including phenoxy) is 2. The van der Waals surface area contributed by atoms with Crippen molar-refractivity contribution in [2.24, 2.45) is 0 Å². The summed E-state index contributed by atoms with van der Waals surface area (Å²) < 4.78 is 10.2. The number of nitrogens with one attached hydrogen (secondary N) is 2. The van der Waals surface area contributed by atoms with E-state index in [-0.39, 0.29) is 41.2 Å². The molecule has 28 heavy (non-hydrogen) atoms. The molecule has 0 saturated carbocycles. The van der Waals surface area contributed by atoms with Crippen molar-refractivity contribution >= 4 is 46.7 Å². The zero-order valence-corrected chi connectivity index (χ0v) is 17.0. The number of hydrogen-bond donors (Lipinski definition) is 2. The van der Waals surface area contributed by atoms with Crippen LogP contribution in [0.5, 0.6) is 0 Å². The summed E-state index contributed by atoms with van der Waals surface area (Å²) in [6.45, 7) is 3.45. The monoisotopic (exact) mass is 427 g/mol. The normalized spacial score (nSPS) is 16.3. The summed E-state index contributed by atoms with van der Waals surface area (Å²) in [5.74, 6) is -1.39. The minimum Gasteiger partial charge on any atom is -0.463 e. The highest BCUT2D eigenvalue weighted by atomic mass is 35.5. The van der Waals surface area contributed by atoms with Crippen LogP contribution in [-0.2, 0) is 19.1 Å². The Morgan fingerprint density at radius 1 is 1.36 bits per heavy atom. The maximum Gasteiger partial charge on any atom is 0.308 e. The van der Waals surface area contributed by atoms with Crippen LogP contribution in [0.2, 0.25) is 5.02 Å². The van der Waals surface area contributed by atoms with Gasteiger partial charge in [0.1, 0.15) is 12.6 Å². The van der Waals surface area contributed by atoms with E-state index in [1.54, 1.807) is 24.3 Å². The molecule has 1 unspecified atom stereocenters. The number of hydrogen-bond acceptors (Lipinski definition) is 6. The lowest BCUT2D eigenvalue weighted by molar-refractivity contribution is -0.148. The van der Waals surface area contributed by atoms with Crippen LogP contribution in [0.15, 0.2) is 24.3 Å². The Hall–Kier alpha value is -2.23. The van der Waals surface area contributed by atoms with Gasteiger partial charge in [0.05, 0.1) is 23.6 Å².